The van der Waals surface area contributed by atoms with Crippen LogP contribution in [0.1, 0.15) is 30.4 Å². The number of likely N-dealkylation sites (N-methyl/N-ethyl adjacent to an activating group) is 1. The van der Waals surface area contributed by atoms with E-state index in [1.807, 2.05) is 13.8 Å². The molecule has 1 aromatic heterocycles. The summed E-state index contributed by atoms with van der Waals surface area (Å²) in [6, 6.07) is 0.0910. The van der Waals surface area contributed by atoms with Gasteiger partial charge in [0.2, 0.25) is 5.95 Å². The Hall–Kier alpha value is -1.56. The largest absolute Gasteiger partial charge is 0.477 e. The Morgan fingerprint density at radius 1 is 1.33 bits per heavy atom. The molecule has 6 heteroatoms. The number of hydrogen-bond donors (Lipinski definition) is 1. The first kappa shape index (κ1) is 12.9. The van der Waals surface area contributed by atoms with Crippen LogP contribution < -0.4 is 4.90 Å². The van der Waals surface area contributed by atoms with Crippen LogP contribution >= 0.6 is 0 Å². The number of rotatable bonds is 3. The molecule has 0 unspecified atom stereocenters. The van der Waals surface area contributed by atoms with Crippen molar-refractivity contribution in [3.05, 3.63) is 11.9 Å². The Labute approximate surface area is 107 Å². The molecular formula is C12H20N4O2. The summed E-state index contributed by atoms with van der Waals surface area (Å²) < 4.78 is 1.80. The molecule has 100 valence electrons. The number of aromatic nitrogens is 2. The zero-order chi connectivity index (χ0) is 13.3. The van der Waals surface area contributed by atoms with Gasteiger partial charge in [-0.1, -0.05) is 0 Å². The van der Waals surface area contributed by atoms with Crippen molar-refractivity contribution < 1.29 is 9.90 Å². The van der Waals surface area contributed by atoms with E-state index in [1.54, 1.807) is 4.57 Å². The van der Waals surface area contributed by atoms with Crippen LogP contribution in [0.5, 0.6) is 0 Å². The second kappa shape index (κ2) is 4.97. The predicted octanol–water partition coefficient (Wildman–Crippen LogP) is 0.914. The number of anilines is 1. The van der Waals surface area contributed by atoms with Gasteiger partial charge in [0.05, 0.1) is 6.20 Å². The van der Waals surface area contributed by atoms with E-state index < -0.39 is 5.97 Å². The summed E-state index contributed by atoms with van der Waals surface area (Å²) in [5.74, 6) is -0.146. The van der Waals surface area contributed by atoms with Crippen LogP contribution in [0.2, 0.25) is 0 Å². The summed E-state index contributed by atoms with van der Waals surface area (Å²) in [5.41, 5.74) is 0.263. The molecule has 0 radical (unpaired) electrons. The third-order valence-electron chi connectivity index (χ3n) is 3.30. The topological polar surface area (TPSA) is 61.6 Å². The summed E-state index contributed by atoms with van der Waals surface area (Å²) in [6.07, 6.45) is 1.45. The lowest BCUT2D eigenvalue weighted by atomic mass is 10.3. The zero-order valence-electron chi connectivity index (χ0n) is 11.1. The number of imidazole rings is 1. The van der Waals surface area contributed by atoms with Crippen molar-refractivity contribution in [2.24, 2.45) is 0 Å². The average Bonchev–Trinajstić information content (AvgIpc) is 2.74. The van der Waals surface area contributed by atoms with Gasteiger partial charge in [-0.15, -0.1) is 0 Å². The molecule has 0 amide bonds. The van der Waals surface area contributed by atoms with Crippen molar-refractivity contribution in [1.82, 2.24) is 14.5 Å². The molecule has 1 N–H and O–H groups in total. The maximum atomic E-state index is 11.2. The van der Waals surface area contributed by atoms with E-state index in [0.29, 0.717) is 0 Å². The van der Waals surface area contributed by atoms with E-state index in [9.17, 15) is 9.90 Å². The standard InChI is InChI=1S/C12H20N4O2/c1-9(2)16-10(11(17)18)8-13-12(16)15-6-4-14(3)5-7-15/h8-9H,4-7H2,1-3H3,(H,17,18). The second-order valence-electron chi connectivity index (χ2n) is 5.00. The van der Waals surface area contributed by atoms with Crippen LogP contribution in [0.4, 0.5) is 5.95 Å². The Morgan fingerprint density at radius 3 is 2.44 bits per heavy atom. The third-order valence-corrected chi connectivity index (χ3v) is 3.30. The summed E-state index contributed by atoms with van der Waals surface area (Å²) >= 11 is 0. The Kier molecular flexibility index (Phi) is 3.56. The zero-order valence-corrected chi connectivity index (χ0v) is 11.1. The van der Waals surface area contributed by atoms with Crippen molar-refractivity contribution in [3.63, 3.8) is 0 Å². The maximum absolute atomic E-state index is 11.2. The molecule has 1 aliphatic heterocycles. The predicted molar refractivity (Wildman–Crippen MR) is 69.3 cm³/mol. The lowest BCUT2D eigenvalue weighted by molar-refractivity contribution is 0.0683. The lowest BCUT2D eigenvalue weighted by Crippen LogP contribution is -2.45. The molecule has 1 fully saturated rings. The molecular weight excluding hydrogens is 232 g/mol. The molecule has 6 nitrogen and oxygen atoms in total. The van der Waals surface area contributed by atoms with Crippen molar-refractivity contribution in [1.29, 1.82) is 0 Å². The summed E-state index contributed by atoms with van der Waals surface area (Å²) in [6.45, 7) is 7.70. The average molecular weight is 252 g/mol. The molecule has 0 atom stereocenters. The molecule has 0 bridgehead atoms. The van der Waals surface area contributed by atoms with Crippen LogP contribution in [0, 0.1) is 0 Å². The van der Waals surface area contributed by atoms with Gasteiger partial charge in [0.15, 0.2) is 0 Å². The number of piperazine rings is 1. The van der Waals surface area contributed by atoms with E-state index in [4.69, 9.17) is 0 Å². The van der Waals surface area contributed by atoms with Gasteiger partial charge >= 0.3 is 5.97 Å². The second-order valence-corrected chi connectivity index (χ2v) is 5.00. The fourth-order valence-electron chi connectivity index (χ4n) is 2.26. The van der Waals surface area contributed by atoms with Gasteiger partial charge in [0, 0.05) is 32.2 Å². The Bertz CT molecular complexity index is 433. The summed E-state index contributed by atoms with van der Waals surface area (Å²) in [4.78, 5) is 19.9. The molecule has 18 heavy (non-hydrogen) atoms. The van der Waals surface area contributed by atoms with Crippen LogP contribution in [0.15, 0.2) is 6.20 Å². The number of nitrogens with zero attached hydrogens (tertiary/aromatic N) is 4. The van der Waals surface area contributed by atoms with Crippen molar-refractivity contribution in [3.8, 4) is 0 Å². The van der Waals surface area contributed by atoms with Crippen LogP contribution in [0.25, 0.3) is 0 Å². The van der Waals surface area contributed by atoms with Crippen molar-refractivity contribution in [2.45, 2.75) is 19.9 Å². The first-order valence-corrected chi connectivity index (χ1v) is 6.24. The van der Waals surface area contributed by atoms with E-state index in [-0.39, 0.29) is 11.7 Å². The van der Waals surface area contributed by atoms with Gasteiger partial charge in [0.1, 0.15) is 5.69 Å². The highest BCUT2D eigenvalue weighted by Crippen LogP contribution is 2.22. The maximum Gasteiger partial charge on any atom is 0.354 e. The number of carbonyl (C=O) groups is 1. The van der Waals surface area contributed by atoms with E-state index >= 15 is 0 Å². The quantitative estimate of drug-likeness (QED) is 0.866. The molecule has 0 aliphatic carbocycles. The first-order chi connectivity index (χ1) is 8.50. The van der Waals surface area contributed by atoms with E-state index in [0.717, 1.165) is 32.1 Å². The van der Waals surface area contributed by atoms with Gasteiger partial charge in [-0.25, -0.2) is 9.78 Å². The summed E-state index contributed by atoms with van der Waals surface area (Å²) in [5, 5.41) is 9.18. The highest BCUT2D eigenvalue weighted by Gasteiger charge is 2.23. The third kappa shape index (κ3) is 2.33. The van der Waals surface area contributed by atoms with Crippen molar-refractivity contribution >= 4 is 11.9 Å². The summed E-state index contributed by atoms with van der Waals surface area (Å²) in [7, 11) is 2.09. The Balaban J connectivity index is 2.30. The highest BCUT2D eigenvalue weighted by molar-refractivity contribution is 5.86. The minimum atomic E-state index is -0.920. The fourth-order valence-corrected chi connectivity index (χ4v) is 2.26. The number of aromatic carboxylic acids is 1. The molecule has 0 saturated carbocycles. The monoisotopic (exact) mass is 252 g/mol. The first-order valence-electron chi connectivity index (χ1n) is 6.24. The number of carboxylic acid groups (broad SMARTS) is 1. The van der Waals surface area contributed by atoms with Crippen molar-refractivity contribution in [2.75, 3.05) is 38.1 Å². The van der Waals surface area contributed by atoms with Crippen LogP contribution in [-0.4, -0.2) is 58.8 Å². The van der Waals surface area contributed by atoms with Gasteiger partial charge in [-0.2, -0.15) is 0 Å². The van der Waals surface area contributed by atoms with Crippen LogP contribution in [-0.2, 0) is 0 Å². The van der Waals surface area contributed by atoms with Crippen LogP contribution in [0.3, 0.4) is 0 Å². The van der Waals surface area contributed by atoms with Gasteiger partial charge in [-0.3, -0.25) is 0 Å². The number of hydrogen-bond acceptors (Lipinski definition) is 4. The molecule has 2 rings (SSSR count). The fraction of sp³-hybridized carbons (Fsp3) is 0.667. The number of carboxylic acids is 1. The highest BCUT2D eigenvalue weighted by atomic mass is 16.4. The molecule has 2 heterocycles. The van der Waals surface area contributed by atoms with Gasteiger partial charge < -0.3 is 19.5 Å². The smallest absolute Gasteiger partial charge is 0.354 e. The van der Waals surface area contributed by atoms with E-state index in [2.05, 4.69) is 21.8 Å². The molecule has 1 aromatic rings. The molecule has 1 saturated heterocycles. The minimum Gasteiger partial charge on any atom is -0.477 e. The van der Waals surface area contributed by atoms with Gasteiger partial charge in [0.25, 0.3) is 0 Å². The molecule has 0 aromatic carbocycles. The lowest BCUT2D eigenvalue weighted by Gasteiger charge is -2.34. The van der Waals surface area contributed by atoms with E-state index in [1.165, 1.54) is 6.20 Å². The Morgan fingerprint density at radius 2 is 1.94 bits per heavy atom. The van der Waals surface area contributed by atoms with Gasteiger partial charge in [-0.05, 0) is 20.9 Å². The molecule has 0 spiro atoms. The molecule has 1 aliphatic rings. The minimum absolute atomic E-state index is 0.0910. The SMILES string of the molecule is CC(C)n1c(C(=O)O)cnc1N1CCN(C)CC1. The normalized spacial score (nSPS) is 17.4.